The van der Waals surface area contributed by atoms with Gasteiger partial charge in [-0.05, 0) is 56.6 Å². The number of amides is 1. The number of aliphatic imine (C=N–C) groups is 1. The smallest absolute Gasteiger partial charge is 0.220 e. The third kappa shape index (κ3) is 6.48. The molecule has 1 heterocycles. The first kappa shape index (κ1) is 19.9. The summed E-state index contributed by atoms with van der Waals surface area (Å²) in [7, 11) is 3.41. The second-order valence-electron chi connectivity index (χ2n) is 6.03. The molecule has 26 heavy (non-hydrogen) atoms. The van der Waals surface area contributed by atoms with Gasteiger partial charge >= 0.3 is 0 Å². The number of ether oxygens (including phenoxy) is 1. The topological polar surface area (TPSA) is 84.3 Å². The number of nitrogens with zero attached hydrogens (tertiary/aromatic N) is 2. The second-order valence-corrected chi connectivity index (χ2v) is 6.03. The van der Waals surface area contributed by atoms with Crippen molar-refractivity contribution >= 4 is 18.0 Å². The van der Waals surface area contributed by atoms with Crippen molar-refractivity contribution in [1.82, 2.24) is 10.6 Å². The third-order valence-corrected chi connectivity index (χ3v) is 4.00. The van der Waals surface area contributed by atoms with Gasteiger partial charge in [-0.25, -0.2) is 4.99 Å². The molecule has 2 rings (SSSR count). The van der Waals surface area contributed by atoms with Crippen LogP contribution in [0.1, 0.15) is 36.8 Å². The van der Waals surface area contributed by atoms with E-state index in [1.165, 1.54) is 7.11 Å². The molecule has 0 bridgehead atoms. The molecule has 1 aliphatic rings. The van der Waals surface area contributed by atoms with Crippen LogP contribution in [0.4, 0.5) is 0 Å². The zero-order valence-corrected chi connectivity index (χ0v) is 15.6. The number of unbranched alkanes of at least 4 members (excludes halogenated alkanes) is 1. The molecule has 0 unspecified atom stereocenters. The Balaban J connectivity index is 1.77. The van der Waals surface area contributed by atoms with Gasteiger partial charge in [0.05, 0.1) is 6.61 Å². The first-order chi connectivity index (χ1) is 12.7. The van der Waals surface area contributed by atoms with Gasteiger partial charge < -0.3 is 20.2 Å². The van der Waals surface area contributed by atoms with Crippen LogP contribution in [0.25, 0.3) is 0 Å². The molecule has 1 aromatic carbocycles. The number of carbonyl (C=O) groups is 1. The van der Waals surface area contributed by atoms with E-state index in [1.807, 2.05) is 25.2 Å². The quantitative estimate of drug-likeness (QED) is 0.289. The SMILES string of the molecule is CNCCCNC(=O)CCCC=N/C(=N\OC)c1ccc2c(c1)CCO2. The number of amidine groups is 1. The number of nitrogens with one attached hydrogen (secondary N) is 2. The summed E-state index contributed by atoms with van der Waals surface area (Å²) >= 11 is 0. The van der Waals surface area contributed by atoms with Gasteiger partial charge in [0.15, 0.2) is 5.84 Å². The first-order valence-corrected chi connectivity index (χ1v) is 9.05. The van der Waals surface area contributed by atoms with Crippen LogP contribution in [-0.4, -0.2) is 51.8 Å². The molecule has 2 N–H and O–H groups in total. The minimum Gasteiger partial charge on any atom is -0.493 e. The maximum Gasteiger partial charge on any atom is 0.220 e. The summed E-state index contributed by atoms with van der Waals surface area (Å²) in [5.41, 5.74) is 2.06. The summed E-state index contributed by atoms with van der Waals surface area (Å²) in [6, 6.07) is 5.91. The summed E-state index contributed by atoms with van der Waals surface area (Å²) in [6.07, 6.45) is 5.58. The van der Waals surface area contributed by atoms with Gasteiger partial charge in [-0.15, -0.1) is 0 Å². The van der Waals surface area contributed by atoms with Crippen LogP contribution in [0, 0.1) is 0 Å². The van der Waals surface area contributed by atoms with Gasteiger partial charge in [-0.3, -0.25) is 4.79 Å². The largest absolute Gasteiger partial charge is 0.493 e. The van der Waals surface area contributed by atoms with Crippen molar-refractivity contribution in [2.45, 2.75) is 32.1 Å². The molecule has 0 saturated carbocycles. The van der Waals surface area contributed by atoms with E-state index < -0.39 is 0 Å². The van der Waals surface area contributed by atoms with Crippen LogP contribution >= 0.6 is 0 Å². The van der Waals surface area contributed by atoms with E-state index in [2.05, 4.69) is 20.8 Å². The number of fused-ring (bicyclic) bond motifs is 1. The van der Waals surface area contributed by atoms with E-state index in [-0.39, 0.29) is 5.91 Å². The summed E-state index contributed by atoms with van der Waals surface area (Å²) in [5.74, 6) is 1.54. The molecule has 142 valence electrons. The number of oxime groups is 1. The van der Waals surface area contributed by atoms with Gasteiger partial charge in [0, 0.05) is 31.2 Å². The molecule has 1 aliphatic heterocycles. The molecular formula is C19H28N4O3. The molecule has 0 spiro atoms. The van der Waals surface area contributed by atoms with Crippen LogP contribution in [-0.2, 0) is 16.1 Å². The highest BCUT2D eigenvalue weighted by Crippen LogP contribution is 2.26. The Morgan fingerprint density at radius 2 is 2.23 bits per heavy atom. The third-order valence-electron chi connectivity index (χ3n) is 4.00. The number of hydrogen-bond acceptors (Lipinski definition) is 5. The minimum absolute atomic E-state index is 0.0823. The average Bonchev–Trinajstić information content (AvgIpc) is 3.12. The van der Waals surface area contributed by atoms with Crippen LogP contribution in [0.3, 0.4) is 0 Å². The molecule has 0 aromatic heterocycles. The van der Waals surface area contributed by atoms with E-state index in [0.717, 1.165) is 49.3 Å². The molecule has 0 aliphatic carbocycles. The Bertz CT molecular complexity index is 644. The Kier molecular flexibility index (Phi) is 8.62. The highest BCUT2D eigenvalue weighted by atomic mass is 16.6. The van der Waals surface area contributed by atoms with Crippen molar-refractivity contribution in [3.63, 3.8) is 0 Å². The molecule has 1 aromatic rings. The van der Waals surface area contributed by atoms with Gasteiger partial charge in [0.2, 0.25) is 5.91 Å². The number of rotatable bonds is 10. The lowest BCUT2D eigenvalue weighted by Gasteiger charge is -2.04. The highest BCUT2D eigenvalue weighted by Gasteiger charge is 2.14. The minimum atomic E-state index is 0.0823. The lowest BCUT2D eigenvalue weighted by atomic mass is 10.1. The molecular weight excluding hydrogens is 332 g/mol. The van der Waals surface area contributed by atoms with Crippen molar-refractivity contribution < 1.29 is 14.4 Å². The average molecular weight is 360 g/mol. The normalized spacial score (nSPS) is 13.5. The van der Waals surface area contributed by atoms with Crippen molar-refractivity contribution in [2.24, 2.45) is 10.1 Å². The highest BCUT2D eigenvalue weighted by molar-refractivity contribution is 6.03. The Morgan fingerprint density at radius 1 is 1.35 bits per heavy atom. The predicted molar refractivity (Wildman–Crippen MR) is 103 cm³/mol. The molecule has 0 radical (unpaired) electrons. The van der Waals surface area contributed by atoms with Gasteiger partial charge in [-0.1, -0.05) is 5.16 Å². The lowest BCUT2D eigenvalue weighted by molar-refractivity contribution is -0.121. The summed E-state index contributed by atoms with van der Waals surface area (Å²) < 4.78 is 5.52. The van der Waals surface area contributed by atoms with Gasteiger partial charge in [0.1, 0.15) is 12.9 Å². The maximum atomic E-state index is 11.7. The van der Waals surface area contributed by atoms with Crippen LogP contribution in [0.2, 0.25) is 0 Å². The molecule has 7 heteroatoms. The lowest BCUT2D eigenvalue weighted by Crippen LogP contribution is -2.26. The zero-order chi connectivity index (χ0) is 18.6. The molecule has 7 nitrogen and oxygen atoms in total. The fraction of sp³-hybridized carbons (Fsp3) is 0.526. The number of hydrogen-bond donors (Lipinski definition) is 2. The van der Waals surface area contributed by atoms with Gasteiger partial charge in [-0.2, -0.15) is 0 Å². The summed E-state index contributed by atoms with van der Waals surface area (Å²) in [4.78, 5) is 21.0. The van der Waals surface area contributed by atoms with Gasteiger partial charge in [0.25, 0.3) is 0 Å². The van der Waals surface area contributed by atoms with Crippen LogP contribution < -0.4 is 15.4 Å². The van der Waals surface area contributed by atoms with Crippen LogP contribution in [0.15, 0.2) is 28.3 Å². The zero-order valence-electron chi connectivity index (χ0n) is 15.6. The summed E-state index contributed by atoms with van der Waals surface area (Å²) in [5, 5.41) is 9.96. The summed E-state index contributed by atoms with van der Waals surface area (Å²) in [6.45, 7) is 2.33. The van der Waals surface area contributed by atoms with Crippen LogP contribution in [0.5, 0.6) is 5.75 Å². The monoisotopic (exact) mass is 360 g/mol. The molecule has 0 saturated heterocycles. The Hall–Kier alpha value is -2.41. The van der Waals surface area contributed by atoms with E-state index >= 15 is 0 Å². The van der Waals surface area contributed by atoms with E-state index in [0.29, 0.717) is 25.2 Å². The fourth-order valence-corrected chi connectivity index (χ4v) is 2.65. The van der Waals surface area contributed by atoms with Crippen molar-refractivity contribution in [2.75, 3.05) is 33.9 Å². The van der Waals surface area contributed by atoms with Crippen molar-refractivity contribution in [3.05, 3.63) is 29.3 Å². The molecule has 0 atom stereocenters. The fourth-order valence-electron chi connectivity index (χ4n) is 2.65. The number of benzene rings is 1. The molecule has 0 fully saturated rings. The predicted octanol–water partition coefficient (Wildman–Crippen LogP) is 1.90. The van der Waals surface area contributed by atoms with Crippen molar-refractivity contribution in [3.8, 4) is 5.75 Å². The van der Waals surface area contributed by atoms with Crippen molar-refractivity contribution in [1.29, 1.82) is 0 Å². The van der Waals surface area contributed by atoms with E-state index in [1.54, 1.807) is 6.21 Å². The number of carbonyl (C=O) groups excluding carboxylic acids is 1. The maximum absolute atomic E-state index is 11.7. The second kappa shape index (κ2) is 11.3. The van der Waals surface area contributed by atoms with E-state index in [9.17, 15) is 4.79 Å². The standard InChI is InChI=1S/C19H28N4O3/c1-20-10-5-12-21-18(24)6-3-4-11-22-19(23-25-2)16-7-8-17-15(14-16)9-13-26-17/h7-8,11,14,20H,3-6,9-10,12-13H2,1-2H3,(H,21,24)/b22-11?,23-19-. The Labute approximate surface area is 154 Å². The van der Waals surface area contributed by atoms with E-state index in [4.69, 9.17) is 9.57 Å². The molecule has 1 amide bonds. The first-order valence-electron chi connectivity index (χ1n) is 9.05. The Morgan fingerprint density at radius 3 is 3.04 bits per heavy atom.